The van der Waals surface area contributed by atoms with E-state index in [0.717, 1.165) is 30.4 Å². The van der Waals surface area contributed by atoms with Gasteiger partial charge < -0.3 is 0 Å². The second-order valence-corrected chi connectivity index (χ2v) is 4.60. The number of hydrogen-bond donors (Lipinski definition) is 0. The van der Waals surface area contributed by atoms with E-state index in [1.54, 1.807) is 12.1 Å². The van der Waals surface area contributed by atoms with E-state index in [1.165, 1.54) is 6.07 Å². The van der Waals surface area contributed by atoms with Crippen molar-refractivity contribution in [3.05, 3.63) is 35.1 Å². The number of rotatable bonds is 3. The fourth-order valence-electron chi connectivity index (χ4n) is 2.48. The molecule has 1 nitrogen and oxygen atoms in total. The lowest BCUT2D eigenvalue weighted by molar-refractivity contribution is -0.119. The Kier molecular flexibility index (Phi) is 3.37. The van der Waals surface area contributed by atoms with E-state index in [1.807, 2.05) is 0 Å². The molecule has 1 aliphatic carbocycles. The van der Waals surface area contributed by atoms with E-state index in [2.05, 4.69) is 6.92 Å². The van der Waals surface area contributed by atoms with Crippen LogP contribution >= 0.6 is 0 Å². The molecular formula is C14H17FO. The lowest BCUT2D eigenvalue weighted by atomic mass is 9.79. The summed E-state index contributed by atoms with van der Waals surface area (Å²) in [4.78, 5) is 11.6. The van der Waals surface area contributed by atoms with Crippen LogP contribution in [0.5, 0.6) is 0 Å². The number of carbonyl (C=O) groups excluding carboxylic acids is 1. The van der Waals surface area contributed by atoms with Gasteiger partial charge in [0.1, 0.15) is 11.6 Å². The molecule has 0 fully saturated rings. The van der Waals surface area contributed by atoms with Gasteiger partial charge in [0.15, 0.2) is 0 Å². The molecule has 0 N–H and O–H groups in total. The number of Topliss-reactive ketones (excluding diaryl/α,β-unsaturated/α-hetero) is 1. The largest absolute Gasteiger partial charge is 0.299 e. The molecule has 2 heteroatoms. The molecule has 0 heterocycles. The minimum Gasteiger partial charge on any atom is -0.299 e. The van der Waals surface area contributed by atoms with Gasteiger partial charge in [-0.1, -0.05) is 25.8 Å². The maximum atomic E-state index is 13.2. The monoisotopic (exact) mass is 220 g/mol. The fourth-order valence-corrected chi connectivity index (χ4v) is 2.48. The first-order valence-electron chi connectivity index (χ1n) is 6.00. The molecule has 0 saturated carbocycles. The van der Waals surface area contributed by atoms with Crippen LogP contribution in [0.15, 0.2) is 18.2 Å². The average Bonchev–Trinajstić information content (AvgIpc) is 2.26. The highest BCUT2D eigenvalue weighted by Gasteiger charge is 2.24. The minimum atomic E-state index is -0.186. The highest BCUT2D eigenvalue weighted by atomic mass is 19.1. The van der Waals surface area contributed by atoms with Crippen LogP contribution in [0, 0.1) is 5.82 Å². The minimum absolute atomic E-state index is 0.186. The molecule has 1 aliphatic rings. The van der Waals surface area contributed by atoms with Crippen molar-refractivity contribution < 1.29 is 9.18 Å². The summed E-state index contributed by atoms with van der Waals surface area (Å²) in [6, 6.07) is 4.83. The summed E-state index contributed by atoms with van der Waals surface area (Å²) in [5.41, 5.74) is 2.09. The standard InChI is InChI=1S/C14H17FO/c1-2-3-4-10-7-13(16)8-11-5-6-12(15)9-14(10)11/h5-6,9-10H,2-4,7-8H2,1H3. The Morgan fingerprint density at radius 3 is 3.00 bits per heavy atom. The summed E-state index contributed by atoms with van der Waals surface area (Å²) in [7, 11) is 0. The van der Waals surface area contributed by atoms with Gasteiger partial charge in [-0.15, -0.1) is 0 Å². The van der Waals surface area contributed by atoms with Gasteiger partial charge in [0.05, 0.1) is 0 Å². The zero-order valence-corrected chi connectivity index (χ0v) is 9.63. The Morgan fingerprint density at radius 1 is 1.44 bits per heavy atom. The van der Waals surface area contributed by atoms with Crippen molar-refractivity contribution in [2.45, 2.75) is 44.9 Å². The van der Waals surface area contributed by atoms with Crippen molar-refractivity contribution in [2.75, 3.05) is 0 Å². The number of benzene rings is 1. The van der Waals surface area contributed by atoms with Crippen molar-refractivity contribution in [1.82, 2.24) is 0 Å². The Hall–Kier alpha value is -1.18. The van der Waals surface area contributed by atoms with Crippen LogP contribution in [-0.2, 0) is 11.2 Å². The molecule has 0 bridgehead atoms. The van der Waals surface area contributed by atoms with Gasteiger partial charge in [0.25, 0.3) is 0 Å². The Labute approximate surface area is 95.7 Å². The maximum Gasteiger partial charge on any atom is 0.137 e. The van der Waals surface area contributed by atoms with Crippen molar-refractivity contribution >= 4 is 5.78 Å². The third-order valence-electron chi connectivity index (χ3n) is 3.32. The van der Waals surface area contributed by atoms with Gasteiger partial charge in [-0.25, -0.2) is 4.39 Å². The first kappa shape index (κ1) is 11.3. The van der Waals surface area contributed by atoms with E-state index < -0.39 is 0 Å². The van der Waals surface area contributed by atoms with Crippen molar-refractivity contribution in [1.29, 1.82) is 0 Å². The molecule has 1 aromatic carbocycles. The Morgan fingerprint density at radius 2 is 2.25 bits per heavy atom. The van der Waals surface area contributed by atoms with Gasteiger partial charge in [-0.2, -0.15) is 0 Å². The smallest absolute Gasteiger partial charge is 0.137 e. The number of ketones is 1. The van der Waals surface area contributed by atoms with Crippen LogP contribution in [-0.4, -0.2) is 5.78 Å². The molecule has 0 aromatic heterocycles. The van der Waals surface area contributed by atoms with E-state index in [4.69, 9.17) is 0 Å². The number of unbranched alkanes of at least 4 members (excludes halogenated alkanes) is 1. The second-order valence-electron chi connectivity index (χ2n) is 4.60. The van der Waals surface area contributed by atoms with E-state index in [0.29, 0.717) is 18.6 Å². The third kappa shape index (κ3) is 2.31. The first-order chi connectivity index (χ1) is 7.70. The number of halogens is 1. The maximum absolute atomic E-state index is 13.2. The molecule has 1 aromatic rings. The summed E-state index contributed by atoms with van der Waals surface area (Å²) < 4.78 is 13.2. The molecule has 0 amide bonds. The predicted octanol–water partition coefficient (Wildman–Crippen LogP) is 3.61. The van der Waals surface area contributed by atoms with Crippen molar-refractivity contribution in [2.24, 2.45) is 0 Å². The molecular weight excluding hydrogens is 203 g/mol. The first-order valence-corrected chi connectivity index (χ1v) is 6.00. The molecule has 0 aliphatic heterocycles. The van der Waals surface area contributed by atoms with E-state index >= 15 is 0 Å². The molecule has 0 radical (unpaired) electrons. The van der Waals surface area contributed by atoms with Gasteiger partial charge in [-0.3, -0.25) is 4.79 Å². The van der Waals surface area contributed by atoms with Crippen LogP contribution in [0.2, 0.25) is 0 Å². The summed E-state index contributed by atoms with van der Waals surface area (Å²) in [6.07, 6.45) is 4.30. The predicted molar refractivity (Wildman–Crippen MR) is 62.0 cm³/mol. The molecule has 2 rings (SSSR count). The summed E-state index contributed by atoms with van der Waals surface area (Å²) >= 11 is 0. The number of fused-ring (bicyclic) bond motifs is 1. The van der Waals surface area contributed by atoms with Crippen LogP contribution in [0.1, 0.15) is 49.7 Å². The highest BCUT2D eigenvalue weighted by Crippen LogP contribution is 2.33. The van der Waals surface area contributed by atoms with Crippen molar-refractivity contribution in [3.8, 4) is 0 Å². The molecule has 86 valence electrons. The SMILES string of the molecule is CCCCC1CC(=O)Cc2ccc(F)cc21. The van der Waals surface area contributed by atoms with Crippen LogP contribution in [0.25, 0.3) is 0 Å². The summed E-state index contributed by atoms with van der Waals surface area (Å²) in [5, 5.41) is 0. The Bertz CT molecular complexity index is 398. The van der Waals surface area contributed by atoms with E-state index in [9.17, 15) is 9.18 Å². The third-order valence-corrected chi connectivity index (χ3v) is 3.32. The van der Waals surface area contributed by atoms with Gasteiger partial charge >= 0.3 is 0 Å². The molecule has 16 heavy (non-hydrogen) atoms. The Balaban J connectivity index is 2.28. The van der Waals surface area contributed by atoms with Gasteiger partial charge in [0.2, 0.25) is 0 Å². The molecule has 0 spiro atoms. The second kappa shape index (κ2) is 4.77. The zero-order chi connectivity index (χ0) is 11.5. The average molecular weight is 220 g/mol. The molecule has 1 atom stereocenters. The molecule has 0 saturated heterocycles. The van der Waals surface area contributed by atoms with Gasteiger partial charge in [-0.05, 0) is 35.6 Å². The summed E-state index contributed by atoms with van der Waals surface area (Å²) in [5.74, 6) is 0.349. The summed E-state index contributed by atoms with van der Waals surface area (Å²) in [6.45, 7) is 2.14. The lowest BCUT2D eigenvalue weighted by Gasteiger charge is -2.24. The van der Waals surface area contributed by atoms with Gasteiger partial charge in [0, 0.05) is 12.8 Å². The number of carbonyl (C=O) groups is 1. The quantitative estimate of drug-likeness (QED) is 0.760. The topological polar surface area (TPSA) is 17.1 Å². The molecule has 1 unspecified atom stereocenters. The van der Waals surface area contributed by atoms with Crippen LogP contribution in [0.3, 0.4) is 0 Å². The lowest BCUT2D eigenvalue weighted by Crippen LogP contribution is -2.18. The van der Waals surface area contributed by atoms with Crippen LogP contribution in [0.4, 0.5) is 4.39 Å². The zero-order valence-electron chi connectivity index (χ0n) is 9.63. The van der Waals surface area contributed by atoms with Crippen LogP contribution < -0.4 is 0 Å². The highest BCUT2D eigenvalue weighted by molar-refractivity contribution is 5.84. The van der Waals surface area contributed by atoms with E-state index in [-0.39, 0.29) is 11.7 Å². The number of hydrogen-bond acceptors (Lipinski definition) is 1. The normalized spacial score (nSPS) is 19.6. The van der Waals surface area contributed by atoms with Crippen molar-refractivity contribution in [3.63, 3.8) is 0 Å². The fraction of sp³-hybridized carbons (Fsp3) is 0.500.